The van der Waals surface area contributed by atoms with Crippen LogP contribution in [0.1, 0.15) is 18.9 Å². The van der Waals surface area contributed by atoms with E-state index in [9.17, 15) is 0 Å². The van der Waals surface area contributed by atoms with E-state index in [1.807, 2.05) is 11.8 Å². The Kier molecular flexibility index (Phi) is 5.72. The van der Waals surface area contributed by atoms with Crippen LogP contribution in [-0.2, 0) is 0 Å². The van der Waals surface area contributed by atoms with Crippen LogP contribution in [0, 0.1) is 6.92 Å². The zero-order valence-corrected chi connectivity index (χ0v) is 9.86. The van der Waals surface area contributed by atoms with E-state index in [1.165, 1.54) is 16.9 Å². The van der Waals surface area contributed by atoms with Crippen LogP contribution in [0.5, 0.6) is 0 Å². The summed E-state index contributed by atoms with van der Waals surface area (Å²) in [5.74, 6) is 1.16. The second kappa shape index (κ2) is 6.91. The van der Waals surface area contributed by atoms with Crippen LogP contribution in [0.15, 0.2) is 29.2 Å². The van der Waals surface area contributed by atoms with Crippen molar-refractivity contribution in [1.29, 1.82) is 0 Å². The van der Waals surface area contributed by atoms with Gasteiger partial charge in [-0.25, -0.2) is 0 Å². The molecule has 1 aromatic carbocycles. The minimum absolute atomic E-state index is 1.10. The van der Waals surface area contributed by atoms with Crippen molar-refractivity contribution in [3.8, 4) is 0 Å². The van der Waals surface area contributed by atoms with E-state index >= 15 is 0 Å². The smallest absolute Gasteiger partial charge is 0.0106 e. The summed E-state index contributed by atoms with van der Waals surface area (Å²) < 4.78 is 0. The summed E-state index contributed by atoms with van der Waals surface area (Å²) in [5, 5.41) is 3.40. The molecule has 0 aliphatic rings. The Morgan fingerprint density at radius 2 is 1.86 bits per heavy atom. The van der Waals surface area contributed by atoms with Crippen LogP contribution in [0.25, 0.3) is 0 Å². The lowest BCUT2D eigenvalue weighted by Crippen LogP contribution is -2.17. The van der Waals surface area contributed by atoms with Gasteiger partial charge in [-0.15, -0.1) is 11.8 Å². The minimum Gasteiger partial charge on any atom is -0.316 e. The van der Waals surface area contributed by atoms with E-state index in [4.69, 9.17) is 0 Å². The molecule has 0 atom stereocenters. The molecule has 78 valence electrons. The molecular formula is C12H19NS. The molecule has 0 bridgehead atoms. The highest BCUT2D eigenvalue weighted by Gasteiger charge is 1.92. The Bertz CT molecular complexity index is 243. The van der Waals surface area contributed by atoms with Crippen molar-refractivity contribution in [1.82, 2.24) is 5.32 Å². The topological polar surface area (TPSA) is 12.0 Å². The number of thioether (sulfide) groups is 1. The highest BCUT2D eigenvalue weighted by Crippen LogP contribution is 2.17. The fourth-order valence-corrected chi connectivity index (χ4v) is 1.99. The molecular weight excluding hydrogens is 190 g/mol. The molecule has 0 spiro atoms. The highest BCUT2D eigenvalue weighted by atomic mass is 32.2. The molecule has 0 radical (unpaired) electrons. The third kappa shape index (κ3) is 4.68. The predicted octanol–water partition coefficient (Wildman–Crippen LogP) is 3.09. The SMILES string of the molecule is CCCNCCSc1ccc(C)cc1. The average molecular weight is 209 g/mol. The number of hydrogen-bond acceptors (Lipinski definition) is 2. The summed E-state index contributed by atoms with van der Waals surface area (Å²) in [6, 6.07) is 8.73. The molecule has 2 heteroatoms. The van der Waals surface area contributed by atoms with Crippen molar-refractivity contribution in [2.75, 3.05) is 18.8 Å². The molecule has 0 fully saturated rings. The maximum atomic E-state index is 3.40. The van der Waals surface area contributed by atoms with Crippen molar-refractivity contribution in [2.45, 2.75) is 25.2 Å². The van der Waals surface area contributed by atoms with Gasteiger partial charge in [0, 0.05) is 17.2 Å². The Labute approximate surface area is 91.3 Å². The van der Waals surface area contributed by atoms with Crippen LogP contribution in [0.2, 0.25) is 0 Å². The van der Waals surface area contributed by atoms with Gasteiger partial charge in [0.15, 0.2) is 0 Å². The number of hydrogen-bond donors (Lipinski definition) is 1. The second-order valence-electron chi connectivity index (χ2n) is 3.41. The molecule has 14 heavy (non-hydrogen) atoms. The third-order valence-electron chi connectivity index (χ3n) is 2.00. The van der Waals surface area contributed by atoms with Crippen LogP contribution in [-0.4, -0.2) is 18.8 Å². The van der Waals surface area contributed by atoms with E-state index in [1.54, 1.807) is 0 Å². The first-order chi connectivity index (χ1) is 6.83. The number of aryl methyl sites for hydroxylation is 1. The van der Waals surface area contributed by atoms with Crippen molar-refractivity contribution < 1.29 is 0 Å². The quantitative estimate of drug-likeness (QED) is 0.571. The Morgan fingerprint density at radius 1 is 1.14 bits per heavy atom. The summed E-state index contributed by atoms with van der Waals surface area (Å²) in [7, 11) is 0. The first-order valence-electron chi connectivity index (χ1n) is 5.23. The molecule has 0 unspecified atom stereocenters. The summed E-state index contributed by atoms with van der Waals surface area (Å²) in [6.45, 7) is 6.55. The maximum Gasteiger partial charge on any atom is 0.0106 e. The minimum atomic E-state index is 1.10. The van der Waals surface area contributed by atoms with Gasteiger partial charge in [0.25, 0.3) is 0 Å². The van der Waals surface area contributed by atoms with Gasteiger partial charge in [-0.2, -0.15) is 0 Å². The van der Waals surface area contributed by atoms with Crippen molar-refractivity contribution in [3.05, 3.63) is 29.8 Å². The van der Waals surface area contributed by atoms with Gasteiger partial charge in [-0.05, 0) is 32.0 Å². The summed E-state index contributed by atoms with van der Waals surface area (Å²) in [5.41, 5.74) is 1.33. The third-order valence-corrected chi connectivity index (χ3v) is 3.01. The summed E-state index contributed by atoms with van der Waals surface area (Å²) in [4.78, 5) is 1.37. The first kappa shape index (κ1) is 11.6. The molecule has 0 amide bonds. The van der Waals surface area contributed by atoms with Gasteiger partial charge in [-0.3, -0.25) is 0 Å². The zero-order chi connectivity index (χ0) is 10.2. The molecule has 0 saturated heterocycles. The Balaban J connectivity index is 2.15. The van der Waals surface area contributed by atoms with Crippen molar-refractivity contribution >= 4 is 11.8 Å². The number of rotatable bonds is 6. The van der Waals surface area contributed by atoms with E-state index in [0.717, 1.165) is 18.8 Å². The standard InChI is InChI=1S/C12H19NS/c1-3-8-13-9-10-14-12-6-4-11(2)5-7-12/h4-7,13H,3,8-10H2,1-2H3. The van der Waals surface area contributed by atoms with E-state index < -0.39 is 0 Å². The molecule has 0 aromatic heterocycles. The molecule has 0 aliphatic carbocycles. The van der Waals surface area contributed by atoms with E-state index in [2.05, 4.69) is 43.4 Å². The zero-order valence-electron chi connectivity index (χ0n) is 9.05. The van der Waals surface area contributed by atoms with Gasteiger partial charge in [0.2, 0.25) is 0 Å². The van der Waals surface area contributed by atoms with Gasteiger partial charge >= 0.3 is 0 Å². The first-order valence-corrected chi connectivity index (χ1v) is 6.21. The largest absolute Gasteiger partial charge is 0.316 e. The molecule has 0 saturated carbocycles. The van der Waals surface area contributed by atoms with Crippen LogP contribution >= 0.6 is 11.8 Å². The monoisotopic (exact) mass is 209 g/mol. The van der Waals surface area contributed by atoms with Gasteiger partial charge in [0.1, 0.15) is 0 Å². The Morgan fingerprint density at radius 3 is 2.50 bits per heavy atom. The van der Waals surface area contributed by atoms with Crippen molar-refractivity contribution in [3.63, 3.8) is 0 Å². The Hall–Kier alpha value is -0.470. The molecule has 1 aromatic rings. The van der Waals surface area contributed by atoms with E-state index in [0.29, 0.717) is 0 Å². The normalized spacial score (nSPS) is 10.4. The van der Waals surface area contributed by atoms with Crippen LogP contribution in [0.4, 0.5) is 0 Å². The molecule has 0 aliphatic heterocycles. The van der Waals surface area contributed by atoms with Crippen LogP contribution in [0.3, 0.4) is 0 Å². The highest BCUT2D eigenvalue weighted by molar-refractivity contribution is 7.99. The average Bonchev–Trinajstić information content (AvgIpc) is 2.21. The number of benzene rings is 1. The molecule has 0 heterocycles. The lowest BCUT2D eigenvalue weighted by molar-refractivity contribution is 0.707. The van der Waals surface area contributed by atoms with Crippen molar-refractivity contribution in [2.24, 2.45) is 0 Å². The number of nitrogens with one attached hydrogen (secondary N) is 1. The van der Waals surface area contributed by atoms with Gasteiger partial charge in [0.05, 0.1) is 0 Å². The van der Waals surface area contributed by atoms with Gasteiger partial charge < -0.3 is 5.32 Å². The van der Waals surface area contributed by atoms with E-state index in [-0.39, 0.29) is 0 Å². The fraction of sp³-hybridized carbons (Fsp3) is 0.500. The predicted molar refractivity (Wildman–Crippen MR) is 65.1 cm³/mol. The van der Waals surface area contributed by atoms with Gasteiger partial charge in [-0.1, -0.05) is 24.6 Å². The van der Waals surface area contributed by atoms with Crippen LogP contribution < -0.4 is 5.32 Å². The lowest BCUT2D eigenvalue weighted by atomic mass is 10.2. The molecule has 1 nitrogen and oxygen atoms in total. The fourth-order valence-electron chi connectivity index (χ4n) is 1.18. The second-order valence-corrected chi connectivity index (χ2v) is 4.58. The molecule has 1 rings (SSSR count). The summed E-state index contributed by atoms with van der Waals surface area (Å²) in [6.07, 6.45) is 1.22. The maximum absolute atomic E-state index is 3.40. The lowest BCUT2D eigenvalue weighted by Gasteiger charge is -2.03. The summed E-state index contributed by atoms with van der Waals surface area (Å²) >= 11 is 1.92. The molecule has 1 N–H and O–H groups in total.